The van der Waals surface area contributed by atoms with Crippen LogP contribution in [-0.2, 0) is 6.42 Å². The Morgan fingerprint density at radius 1 is 1.00 bits per heavy atom. The summed E-state index contributed by atoms with van der Waals surface area (Å²) in [5.74, 6) is 1.12. The first-order valence-electron chi connectivity index (χ1n) is 11.2. The highest BCUT2D eigenvalue weighted by Crippen LogP contribution is 2.25. The van der Waals surface area contributed by atoms with Crippen LogP contribution >= 0.6 is 11.6 Å². The Hall–Kier alpha value is -3.46. The molecule has 9 nitrogen and oxygen atoms in total. The fourth-order valence-corrected chi connectivity index (χ4v) is 4.01. The van der Waals surface area contributed by atoms with Crippen molar-refractivity contribution in [3.63, 3.8) is 0 Å². The second-order valence-corrected chi connectivity index (χ2v) is 9.95. The standard InChI is InChI=1S/C24H25ClN6O3/c1-24(2,3)14-19-27-20(29-34-19)15-4-6-16(7-5-15)22(32)30-10-12-31(13-11-30)23-28-21-17(33-23)8-9-18(25)26-21/h4-9H,10-14H2,1-3H3. The number of nitrogens with zero attached hydrogens (tertiary/aromatic N) is 6. The van der Waals surface area contributed by atoms with Gasteiger partial charge < -0.3 is 18.7 Å². The van der Waals surface area contributed by atoms with Crippen molar-refractivity contribution in [2.24, 2.45) is 5.41 Å². The molecule has 1 aliphatic rings. The highest BCUT2D eigenvalue weighted by atomic mass is 35.5. The molecule has 1 aromatic carbocycles. The monoisotopic (exact) mass is 480 g/mol. The summed E-state index contributed by atoms with van der Waals surface area (Å²) in [6, 6.07) is 11.2. The number of halogens is 1. The summed E-state index contributed by atoms with van der Waals surface area (Å²) in [6.45, 7) is 8.73. The number of carbonyl (C=O) groups is 1. The highest BCUT2D eigenvalue weighted by molar-refractivity contribution is 6.29. The van der Waals surface area contributed by atoms with Crippen LogP contribution in [0.15, 0.2) is 45.3 Å². The van der Waals surface area contributed by atoms with Gasteiger partial charge in [0.25, 0.3) is 11.9 Å². The number of piperazine rings is 1. The van der Waals surface area contributed by atoms with E-state index in [1.165, 1.54) is 0 Å². The maximum absolute atomic E-state index is 13.0. The first kappa shape index (κ1) is 22.3. The van der Waals surface area contributed by atoms with Gasteiger partial charge in [0.05, 0.1) is 0 Å². The Morgan fingerprint density at radius 2 is 1.74 bits per heavy atom. The van der Waals surface area contributed by atoms with Crippen LogP contribution in [0.2, 0.25) is 5.15 Å². The van der Waals surface area contributed by atoms with Crippen molar-refractivity contribution >= 4 is 34.8 Å². The lowest BCUT2D eigenvalue weighted by Gasteiger charge is -2.33. The van der Waals surface area contributed by atoms with Crippen molar-refractivity contribution in [1.82, 2.24) is 25.0 Å². The van der Waals surface area contributed by atoms with Crippen molar-refractivity contribution in [2.45, 2.75) is 27.2 Å². The predicted octanol–water partition coefficient (Wildman–Crippen LogP) is 4.48. The molecule has 0 bridgehead atoms. The molecule has 0 saturated carbocycles. The van der Waals surface area contributed by atoms with E-state index < -0.39 is 0 Å². The minimum atomic E-state index is -0.0150. The molecule has 4 aromatic rings. The molecule has 3 aromatic heterocycles. The van der Waals surface area contributed by atoms with Crippen LogP contribution in [0.3, 0.4) is 0 Å². The van der Waals surface area contributed by atoms with Gasteiger partial charge in [0.2, 0.25) is 17.4 Å². The van der Waals surface area contributed by atoms with Crippen LogP contribution in [-0.4, -0.2) is 57.1 Å². The van der Waals surface area contributed by atoms with E-state index in [9.17, 15) is 4.79 Å². The summed E-state index contributed by atoms with van der Waals surface area (Å²) < 4.78 is 11.2. The van der Waals surface area contributed by atoms with Crippen LogP contribution in [0, 0.1) is 5.41 Å². The second-order valence-electron chi connectivity index (χ2n) is 9.56. The van der Waals surface area contributed by atoms with Crippen molar-refractivity contribution in [3.05, 3.63) is 53.0 Å². The van der Waals surface area contributed by atoms with Crippen LogP contribution in [0.4, 0.5) is 6.01 Å². The number of pyridine rings is 1. The topological polar surface area (TPSA) is 101 Å². The van der Waals surface area contributed by atoms with Crippen LogP contribution in [0.25, 0.3) is 22.6 Å². The summed E-state index contributed by atoms with van der Waals surface area (Å²) in [7, 11) is 0. The smallest absolute Gasteiger partial charge is 0.300 e. The number of hydrogen-bond acceptors (Lipinski definition) is 8. The van der Waals surface area contributed by atoms with Crippen molar-refractivity contribution in [3.8, 4) is 11.4 Å². The number of oxazole rings is 1. The molecule has 1 fully saturated rings. The molecule has 0 unspecified atom stereocenters. The molecule has 0 spiro atoms. The number of fused-ring (bicyclic) bond motifs is 1. The van der Waals surface area contributed by atoms with E-state index in [1.807, 2.05) is 21.9 Å². The minimum Gasteiger partial charge on any atom is -0.422 e. The summed E-state index contributed by atoms with van der Waals surface area (Å²) >= 11 is 5.93. The van der Waals surface area contributed by atoms with Crippen molar-refractivity contribution in [1.29, 1.82) is 0 Å². The molecule has 1 amide bonds. The molecule has 0 radical (unpaired) electrons. The fraction of sp³-hybridized carbons (Fsp3) is 0.375. The molecule has 4 heterocycles. The Kier molecular flexibility index (Phi) is 5.73. The molecule has 0 aliphatic carbocycles. The zero-order chi connectivity index (χ0) is 23.9. The van der Waals surface area contributed by atoms with Crippen molar-refractivity contribution in [2.75, 3.05) is 31.1 Å². The van der Waals surface area contributed by atoms with E-state index in [0.29, 0.717) is 72.3 Å². The normalized spacial score (nSPS) is 14.7. The van der Waals surface area contributed by atoms with Gasteiger partial charge in [-0.2, -0.15) is 9.97 Å². The Bertz CT molecular complexity index is 1320. The second kappa shape index (κ2) is 8.72. The molecule has 1 saturated heterocycles. The summed E-state index contributed by atoms with van der Waals surface area (Å²) in [4.78, 5) is 29.9. The molecular weight excluding hydrogens is 456 g/mol. The quantitative estimate of drug-likeness (QED) is 0.394. The Labute approximate surface area is 201 Å². The maximum atomic E-state index is 13.0. The van der Waals surface area contributed by atoms with Gasteiger partial charge in [0, 0.05) is 43.7 Å². The number of benzene rings is 1. The lowest BCUT2D eigenvalue weighted by atomic mass is 9.92. The molecule has 1 aliphatic heterocycles. The average Bonchev–Trinajstić information content (AvgIpc) is 3.44. The highest BCUT2D eigenvalue weighted by Gasteiger charge is 2.25. The van der Waals surface area contributed by atoms with Gasteiger partial charge in [-0.3, -0.25) is 4.79 Å². The zero-order valence-electron chi connectivity index (χ0n) is 19.3. The van der Waals surface area contributed by atoms with Crippen LogP contribution in [0.5, 0.6) is 0 Å². The number of rotatable bonds is 4. The number of hydrogen-bond donors (Lipinski definition) is 0. The van der Waals surface area contributed by atoms with Gasteiger partial charge in [-0.05, 0) is 29.7 Å². The van der Waals surface area contributed by atoms with Gasteiger partial charge in [0.15, 0.2) is 5.58 Å². The lowest BCUT2D eigenvalue weighted by Crippen LogP contribution is -2.48. The summed E-state index contributed by atoms with van der Waals surface area (Å²) in [5.41, 5.74) is 2.57. The number of carbonyl (C=O) groups excluding carboxylic acids is 1. The maximum Gasteiger partial charge on any atom is 0.300 e. The molecule has 176 valence electrons. The first-order chi connectivity index (χ1) is 16.2. The third kappa shape index (κ3) is 4.75. The molecule has 0 atom stereocenters. The van der Waals surface area contributed by atoms with Gasteiger partial charge in [-0.1, -0.05) is 49.7 Å². The van der Waals surface area contributed by atoms with E-state index in [0.717, 1.165) is 5.56 Å². The third-order valence-electron chi connectivity index (χ3n) is 5.59. The molecule has 34 heavy (non-hydrogen) atoms. The average molecular weight is 481 g/mol. The summed E-state index contributed by atoms with van der Waals surface area (Å²) in [5, 5.41) is 4.45. The SMILES string of the molecule is CC(C)(C)Cc1nc(-c2ccc(C(=O)N3CCN(c4nc5nc(Cl)ccc5o4)CC3)cc2)no1. The molecule has 0 N–H and O–H groups in total. The van der Waals surface area contributed by atoms with Gasteiger partial charge >= 0.3 is 0 Å². The molecule has 5 rings (SSSR count). The third-order valence-corrected chi connectivity index (χ3v) is 5.80. The van der Waals surface area contributed by atoms with Gasteiger partial charge in [-0.25, -0.2) is 4.98 Å². The predicted molar refractivity (Wildman–Crippen MR) is 128 cm³/mol. The summed E-state index contributed by atoms with van der Waals surface area (Å²) in [6.07, 6.45) is 0.705. The lowest BCUT2D eigenvalue weighted by molar-refractivity contribution is 0.0745. The first-order valence-corrected chi connectivity index (χ1v) is 11.5. The van der Waals surface area contributed by atoms with Gasteiger partial charge in [0.1, 0.15) is 5.15 Å². The van der Waals surface area contributed by atoms with E-state index in [1.54, 1.807) is 24.3 Å². The van der Waals surface area contributed by atoms with Crippen LogP contribution in [0.1, 0.15) is 37.0 Å². The van der Waals surface area contributed by atoms with E-state index in [-0.39, 0.29) is 11.3 Å². The Morgan fingerprint density at radius 3 is 2.44 bits per heavy atom. The zero-order valence-corrected chi connectivity index (χ0v) is 20.0. The van der Waals surface area contributed by atoms with Gasteiger partial charge in [-0.15, -0.1) is 0 Å². The molecular formula is C24H25ClN6O3. The van der Waals surface area contributed by atoms with Crippen LogP contribution < -0.4 is 4.90 Å². The van der Waals surface area contributed by atoms with E-state index >= 15 is 0 Å². The Balaban J connectivity index is 1.21. The van der Waals surface area contributed by atoms with Crippen molar-refractivity contribution < 1.29 is 13.7 Å². The minimum absolute atomic E-state index is 0.0150. The van der Waals surface area contributed by atoms with E-state index in [4.69, 9.17) is 20.5 Å². The molecule has 10 heteroatoms. The number of amides is 1. The largest absolute Gasteiger partial charge is 0.422 e. The fourth-order valence-electron chi connectivity index (χ4n) is 3.86. The van der Waals surface area contributed by atoms with E-state index in [2.05, 4.69) is 40.9 Å². The number of aromatic nitrogens is 4. The number of anilines is 1.